The third kappa shape index (κ3) is 3.55. The van der Waals surface area contributed by atoms with Crippen LogP contribution in [0.2, 0.25) is 0 Å². The zero-order valence-corrected chi connectivity index (χ0v) is 14.7. The van der Waals surface area contributed by atoms with Crippen LogP contribution in [0, 0.1) is 5.92 Å². The summed E-state index contributed by atoms with van der Waals surface area (Å²) in [5.41, 5.74) is 2.20. The second kappa shape index (κ2) is 7.04. The molecule has 0 saturated heterocycles. The molecule has 132 valence electrons. The third-order valence-electron chi connectivity index (χ3n) is 4.67. The van der Waals surface area contributed by atoms with Crippen LogP contribution in [0.4, 0.5) is 0 Å². The SMILES string of the molecule is CC[C@H](C)[C@H](NC(=O)C1=NN(C)C(=O)CC1)c1nc2ccccc2[nH]1. The maximum absolute atomic E-state index is 12.6. The predicted octanol–water partition coefficient (Wildman–Crippen LogP) is 2.37. The van der Waals surface area contributed by atoms with Crippen LogP contribution in [-0.2, 0) is 9.59 Å². The summed E-state index contributed by atoms with van der Waals surface area (Å²) in [6.45, 7) is 4.16. The Hall–Kier alpha value is -2.70. The van der Waals surface area contributed by atoms with Gasteiger partial charge >= 0.3 is 0 Å². The number of nitrogens with one attached hydrogen (secondary N) is 2. The standard InChI is InChI=1S/C18H23N5O2/c1-4-11(2)16(17-19-12-7-5-6-8-13(12)20-17)21-18(25)14-9-10-15(24)23(3)22-14/h5-8,11,16H,4,9-10H2,1-3H3,(H,19,20)(H,21,25)/t11-,16-/m0/s1. The van der Waals surface area contributed by atoms with Crippen LogP contribution in [0.3, 0.4) is 0 Å². The van der Waals surface area contributed by atoms with Crippen molar-refractivity contribution in [2.75, 3.05) is 7.05 Å². The topological polar surface area (TPSA) is 90.4 Å². The van der Waals surface area contributed by atoms with Gasteiger partial charge in [-0.05, 0) is 18.1 Å². The maximum Gasteiger partial charge on any atom is 0.268 e. The molecule has 1 aliphatic rings. The highest BCUT2D eigenvalue weighted by atomic mass is 16.2. The number of fused-ring (bicyclic) bond motifs is 1. The van der Waals surface area contributed by atoms with E-state index in [1.807, 2.05) is 24.3 Å². The summed E-state index contributed by atoms with van der Waals surface area (Å²) >= 11 is 0. The number of hydrogen-bond acceptors (Lipinski definition) is 4. The molecule has 7 heteroatoms. The van der Waals surface area contributed by atoms with Crippen molar-refractivity contribution >= 4 is 28.6 Å². The minimum Gasteiger partial charge on any atom is -0.341 e. The van der Waals surface area contributed by atoms with E-state index in [1.54, 1.807) is 7.05 Å². The number of carbonyl (C=O) groups is 2. The van der Waals surface area contributed by atoms with E-state index in [2.05, 4.69) is 34.2 Å². The highest BCUT2D eigenvalue weighted by Gasteiger charge is 2.28. The van der Waals surface area contributed by atoms with Crippen molar-refractivity contribution in [2.45, 2.75) is 39.2 Å². The molecule has 0 radical (unpaired) electrons. The first-order valence-corrected chi connectivity index (χ1v) is 8.59. The van der Waals surface area contributed by atoms with Gasteiger partial charge in [-0.1, -0.05) is 32.4 Å². The van der Waals surface area contributed by atoms with Gasteiger partial charge in [-0.25, -0.2) is 9.99 Å². The zero-order chi connectivity index (χ0) is 18.0. The molecule has 0 aliphatic carbocycles. The summed E-state index contributed by atoms with van der Waals surface area (Å²) in [4.78, 5) is 32.1. The first-order valence-electron chi connectivity index (χ1n) is 8.59. The van der Waals surface area contributed by atoms with Gasteiger partial charge in [0.25, 0.3) is 5.91 Å². The first kappa shape index (κ1) is 17.1. The summed E-state index contributed by atoms with van der Waals surface area (Å²) in [5.74, 6) is 0.621. The van der Waals surface area contributed by atoms with Gasteiger partial charge in [0, 0.05) is 19.9 Å². The van der Waals surface area contributed by atoms with Crippen molar-refractivity contribution in [3.8, 4) is 0 Å². The maximum atomic E-state index is 12.6. The molecule has 0 spiro atoms. The number of para-hydroxylation sites is 2. The van der Waals surface area contributed by atoms with Crippen molar-refractivity contribution in [3.05, 3.63) is 30.1 Å². The number of benzene rings is 1. The number of nitrogens with zero attached hydrogens (tertiary/aromatic N) is 3. The largest absolute Gasteiger partial charge is 0.341 e. The van der Waals surface area contributed by atoms with Gasteiger partial charge in [-0.3, -0.25) is 9.59 Å². The number of hydrazone groups is 1. The summed E-state index contributed by atoms with van der Waals surface area (Å²) in [6.07, 6.45) is 1.57. The van der Waals surface area contributed by atoms with E-state index in [9.17, 15) is 9.59 Å². The zero-order valence-electron chi connectivity index (χ0n) is 14.7. The Labute approximate surface area is 146 Å². The van der Waals surface area contributed by atoms with E-state index in [0.717, 1.165) is 23.3 Å². The van der Waals surface area contributed by atoms with Gasteiger partial charge in [0.1, 0.15) is 11.5 Å². The molecule has 2 amide bonds. The number of H-pyrrole nitrogens is 1. The summed E-state index contributed by atoms with van der Waals surface area (Å²) in [6, 6.07) is 7.55. The minimum absolute atomic E-state index is 0.0766. The van der Waals surface area contributed by atoms with E-state index in [-0.39, 0.29) is 23.8 Å². The molecule has 0 unspecified atom stereocenters. The van der Waals surface area contributed by atoms with Crippen LogP contribution in [-0.4, -0.2) is 39.6 Å². The highest BCUT2D eigenvalue weighted by molar-refractivity contribution is 6.39. The number of aromatic nitrogens is 2. The van der Waals surface area contributed by atoms with Crippen molar-refractivity contribution < 1.29 is 9.59 Å². The lowest BCUT2D eigenvalue weighted by atomic mass is 9.98. The second-order valence-corrected chi connectivity index (χ2v) is 6.44. The molecule has 1 aromatic heterocycles. The van der Waals surface area contributed by atoms with Gasteiger partial charge in [0.15, 0.2) is 0 Å². The van der Waals surface area contributed by atoms with Crippen molar-refractivity contribution in [1.29, 1.82) is 0 Å². The molecule has 2 atom stereocenters. The van der Waals surface area contributed by atoms with Crippen LogP contribution in [0.25, 0.3) is 11.0 Å². The smallest absolute Gasteiger partial charge is 0.268 e. The number of carbonyl (C=O) groups excluding carboxylic acids is 2. The molecular weight excluding hydrogens is 318 g/mol. The van der Waals surface area contributed by atoms with Gasteiger partial charge < -0.3 is 10.3 Å². The van der Waals surface area contributed by atoms with Crippen LogP contribution in [0.15, 0.2) is 29.4 Å². The molecule has 1 aliphatic heterocycles. The molecule has 1 aromatic carbocycles. The normalized spacial score (nSPS) is 17.3. The van der Waals surface area contributed by atoms with E-state index in [4.69, 9.17) is 0 Å². The lowest BCUT2D eigenvalue weighted by molar-refractivity contribution is -0.130. The van der Waals surface area contributed by atoms with E-state index >= 15 is 0 Å². The van der Waals surface area contributed by atoms with Crippen LogP contribution in [0.1, 0.15) is 45.0 Å². The van der Waals surface area contributed by atoms with Crippen LogP contribution >= 0.6 is 0 Å². The molecule has 7 nitrogen and oxygen atoms in total. The van der Waals surface area contributed by atoms with Crippen LogP contribution in [0.5, 0.6) is 0 Å². The summed E-state index contributed by atoms with van der Waals surface area (Å²) < 4.78 is 0. The number of imidazole rings is 1. The Morgan fingerprint density at radius 1 is 1.36 bits per heavy atom. The number of amides is 2. The Morgan fingerprint density at radius 3 is 2.80 bits per heavy atom. The van der Waals surface area contributed by atoms with E-state index < -0.39 is 0 Å². The molecule has 25 heavy (non-hydrogen) atoms. The van der Waals surface area contributed by atoms with Gasteiger partial charge in [-0.2, -0.15) is 5.10 Å². The molecule has 3 rings (SSSR count). The molecule has 0 bridgehead atoms. The average molecular weight is 341 g/mol. The Morgan fingerprint density at radius 2 is 2.12 bits per heavy atom. The Balaban J connectivity index is 1.85. The first-order chi connectivity index (χ1) is 12.0. The fraction of sp³-hybridized carbons (Fsp3) is 0.444. The van der Waals surface area contributed by atoms with Gasteiger partial charge in [-0.15, -0.1) is 0 Å². The van der Waals surface area contributed by atoms with Gasteiger partial charge in [0.2, 0.25) is 5.91 Å². The minimum atomic E-state index is -0.245. The Bertz CT molecular complexity index is 793. The van der Waals surface area contributed by atoms with Crippen molar-refractivity contribution in [1.82, 2.24) is 20.3 Å². The molecular formula is C18H23N5O2. The fourth-order valence-corrected chi connectivity index (χ4v) is 2.89. The summed E-state index contributed by atoms with van der Waals surface area (Å²) in [7, 11) is 1.57. The number of hydrogen-bond donors (Lipinski definition) is 2. The van der Waals surface area contributed by atoms with Crippen LogP contribution < -0.4 is 5.32 Å². The van der Waals surface area contributed by atoms with E-state index in [0.29, 0.717) is 18.6 Å². The van der Waals surface area contributed by atoms with Crippen molar-refractivity contribution in [3.63, 3.8) is 0 Å². The highest BCUT2D eigenvalue weighted by Crippen LogP contribution is 2.25. The molecule has 0 fully saturated rings. The Kier molecular flexibility index (Phi) is 4.83. The average Bonchev–Trinajstić information content (AvgIpc) is 3.04. The molecule has 2 aromatic rings. The molecule has 0 saturated carbocycles. The number of aromatic amines is 1. The second-order valence-electron chi connectivity index (χ2n) is 6.44. The molecule has 2 heterocycles. The predicted molar refractivity (Wildman–Crippen MR) is 95.9 cm³/mol. The number of rotatable bonds is 5. The monoisotopic (exact) mass is 341 g/mol. The van der Waals surface area contributed by atoms with Gasteiger partial charge in [0.05, 0.1) is 17.1 Å². The fourth-order valence-electron chi connectivity index (χ4n) is 2.89. The summed E-state index contributed by atoms with van der Waals surface area (Å²) in [5, 5.41) is 8.38. The van der Waals surface area contributed by atoms with Crippen molar-refractivity contribution in [2.24, 2.45) is 11.0 Å². The quantitative estimate of drug-likeness (QED) is 0.875. The lowest BCUT2D eigenvalue weighted by Gasteiger charge is -2.24. The third-order valence-corrected chi connectivity index (χ3v) is 4.67. The molecule has 2 N–H and O–H groups in total. The lowest BCUT2D eigenvalue weighted by Crippen LogP contribution is -2.41. The van der Waals surface area contributed by atoms with E-state index in [1.165, 1.54) is 5.01 Å².